The summed E-state index contributed by atoms with van der Waals surface area (Å²) in [6, 6.07) is 7.90. The minimum Gasteiger partial charge on any atom is -0.292 e. The molecule has 0 atom stereocenters. The maximum Gasteiger partial charge on any atom is 0.315 e. The van der Waals surface area contributed by atoms with E-state index < -0.39 is 5.56 Å². The molecule has 1 aliphatic rings. The minimum atomic E-state index is -0.481. The van der Waals surface area contributed by atoms with Crippen molar-refractivity contribution in [1.82, 2.24) is 20.0 Å². The molecule has 7 nitrogen and oxygen atoms in total. The number of aromatic nitrogens is 4. The molecule has 3 aromatic rings. The van der Waals surface area contributed by atoms with Crippen LogP contribution >= 0.6 is 0 Å². The lowest BCUT2D eigenvalue weighted by atomic mass is 10.0. The Morgan fingerprint density at radius 1 is 1.17 bits per heavy atom. The second-order valence-corrected chi connectivity index (χ2v) is 5.29. The third-order valence-electron chi connectivity index (χ3n) is 3.88. The molecule has 0 unspecified atom stereocenters. The quantitative estimate of drug-likeness (QED) is 0.751. The van der Waals surface area contributed by atoms with Gasteiger partial charge in [0.25, 0.3) is 0 Å². The number of hydrogen-bond donors (Lipinski definition) is 2. The molecule has 0 aliphatic carbocycles. The van der Waals surface area contributed by atoms with Gasteiger partial charge in [0.2, 0.25) is 0 Å². The van der Waals surface area contributed by atoms with Crippen molar-refractivity contribution in [3.63, 3.8) is 0 Å². The Morgan fingerprint density at radius 3 is 2.71 bits per heavy atom. The van der Waals surface area contributed by atoms with Crippen LogP contribution in [0.4, 0.5) is 15.9 Å². The van der Waals surface area contributed by atoms with Crippen molar-refractivity contribution in [2.45, 2.75) is 13.3 Å². The zero-order valence-electron chi connectivity index (χ0n) is 12.7. The van der Waals surface area contributed by atoms with Gasteiger partial charge in [-0.15, -0.1) is 5.10 Å². The van der Waals surface area contributed by atoms with Crippen molar-refractivity contribution in [2.24, 2.45) is 0 Å². The fourth-order valence-corrected chi connectivity index (χ4v) is 2.77. The summed E-state index contributed by atoms with van der Waals surface area (Å²) in [5.41, 5.74) is 8.74. The van der Waals surface area contributed by atoms with Gasteiger partial charge < -0.3 is 0 Å². The van der Waals surface area contributed by atoms with E-state index in [2.05, 4.69) is 26.1 Å². The van der Waals surface area contributed by atoms with E-state index in [1.54, 1.807) is 22.9 Å². The average Bonchev–Trinajstić information content (AvgIpc) is 2.87. The number of aryl methyl sites for hydroxylation is 1. The van der Waals surface area contributed by atoms with Crippen molar-refractivity contribution < 1.29 is 4.39 Å². The molecule has 24 heavy (non-hydrogen) atoms. The lowest BCUT2D eigenvalue weighted by molar-refractivity contribution is 0.628. The summed E-state index contributed by atoms with van der Waals surface area (Å²) in [7, 11) is 0. The fraction of sp³-hybridized carbons (Fsp3) is 0.125. The molecule has 0 spiro atoms. The molecule has 2 aromatic heterocycles. The van der Waals surface area contributed by atoms with Crippen LogP contribution in [0.1, 0.15) is 12.6 Å². The van der Waals surface area contributed by atoms with Crippen LogP contribution in [0.2, 0.25) is 0 Å². The van der Waals surface area contributed by atoms with E-state index in [1.807, 2.05) is 6.92 Å². The van der Waals surface area contributed by atoms with Crippen molar-refractivity contribution in [2.75, 3.05) is 10.9 Å². The second-order valence-electron chi connectivity index (χ2n) is 5.29. The lowest BCUT2D eigenvalue weighted by Crippen LogP contribution is -2.25. The molecular weight excluding hydrogens is 311 g/mol. The van der Waals surface area contributed by atoms with E-state index in [0.717, 1.165) is 16.8 Å². The first-order chi connectivity index (χ1) is 11.7. The van der Waals surface area contributed by atoms with Crippen molar-refractivity contribution in [3.8, 4) is 16.8 Å². The molecule has 2 N–H and O–H groups in total. The first-order valence-corrected chi connectivity index (χ1v) is 7.45. The highest BCUT2D eigenvalue weighted by Gasteiger charge is 2.25. The summed E-state index contributed by atoms with van der Waals surface area (Å²) < 4.78 is 14.9. The van der Waals surface area contributed by atoms with Gasteiger partial charge in [-0.25, -0.2) is 9.07 Å². The summed E-state index contributed by atoms with van der Waals surface area (Å²) in [4.78, 5) is 12.0. The Kier molecular flexibility index (Phi) is 3.23. The number of hydrogen-bond acceptors (Lipinski definition) is 6. The molecule has 1 aliphatic heterocycles. The van der Waals surface area contributed by atoms with Crippen LogP contribution in [-0.2, 0) is 6.42 Å². The number of nitrogens with zero attached hydrogens (tertiary/aromatic N) is 4. The predicted octanol–water partition coefficient (Wildman–Crippen LogP) is 2.14. The van der Waals surface area contributed by atoms with Crippen molar-refractivity contribution >= 4 is 11.5 Å². The van der Waals surface area contributed by atoms with Crippen LogP contribution in [-0.4, -0.2) is 20.0 Å². The number of rotatable bonds is 2. The van der Waals surface area contributed by atoms with Crippen LogP contribution in [0.5, 0.6) is 0 Å². The summed E-state index contributed by atoms with van der Waals surface area (Å²) in [5, 5.41) is 11.8. The molecule has 1 aromatic carbocycles. The number of fused-ring (bicyclic) bond motifs is 3. The third-order valence-corrected chi connectivity index (χ3v) is 3.88. The monoisotopic (exact) mass is 324 g/mol. The average molecular weight is 324 g/mol. The maximum absolute atomic E-state index is 13.2. The largest absolute Gasteiger partial charge is 0.315 e. The molecule has 0 radical (unpaired) electrons. The highest BCUT2D eigenvalue weighted by Crippen LogP contribution is 2.36. The van der Waals surface area contributed by atoms with Gasteiger partial charge in [0, 0.05) is 5.56 Å². The van der Waals surface area contributed by atoms with E-state index in [0.29, 0.717) is 17.9 Å². The van der Waals surface area contributed by atoms with Crippen LogP contribution < -0.4 is 16.4 Å². The highest BCUT2D eigenvalue weighted by molar-refractivity contribution is 5.83. The van der Waals surface area contributed by atoms with Crippen LogP contribution in [0.3, 0.4) is 0 Å². The van der Waals surface area contributed by atoms with Crippen molar-refractivity contribution in [3.05, 3.63) is 58.4 Å². The Hall–Kier alpha value is -3.29. The Bertz CT molecular complexity index is 983. The molecule has 8 heteroatoms. The molecule has 3 heterocycles. The number of benzene rings is 1. The smallest absolute Gasteiger partial charge is 0.292 e. The number of hydrazine groups is 1. The molecular formula is C16H13FN6O. The molecule has 0 bridgehead atoms. The number of nitrogens with one attached hydrogen (secondary N) is 2. The van der Waals surface area contributed by atoms with E-state index in [1.165, 1.54) is 18.3 Å². The third kappa shape index (κ3) is 2.11. The molecule has 0 saturated heterocycles. The topological polar surface area (TPSA) is 84.7 Å². The molecule has 120 valence electrons. The normalized spacial score (nSPS) is 11.9. The standard InChI is InChI=1S/C16H13FN6O/c1-2-11-13(9-3-5-10(17)6-4-9)15-20-19-14-12(23(15)22-11)7-8-18-21-16(14)24/h3-8,19-20H,2H2,1H3. The van der Waals surface area contributed by atoms with E-state index in [-0.39, 0.29) is 11.5 Å². The summed E-state index contributed by atoms with van der Waals surface area (Å²) in [5.74, 6) is 0.381. The van der Waals surface area contributed by atoms with Gasteiger partial charge in [-0.2, -0.15) is 10.2 Å². The van der Waals surface area contributed by atoms with Crippen LogP contribution in [0.15, 0.2) is 41.3 Å². The fourth-order valence-electron chi connectivity index (χ4n) is 2.77. The maximum atomic E-state index is 13.2. The summed E-state index contributed by atoms with van der Waals surface area (Å²) >= 11 is 0. The zero-order valence-corrected chi connectivity index (χ0v) is 12.7. The number of halogens is 1. The zero-order chi connectivity index (χ0) is 16.7. The van der Waals surface area contributed by atoms with Crippen LogP contribution in [0.25, 0.3) is 16.8 Å². The van der Waals surface area contributed by atoms with Gasteiger partial charge in [0.1, 0.15) is 11.5 Å². The van der Waals surface area contributed by atoms with E-state index in [4.69, 9.17) is 0 Å². The predicted molar refractivity (Wildman–Crippen MR) is 87.4 cm³/mol. The van der Waals surface area contributed by atoms with Crippen molar-refractivity contribution in [1.29, 1.82) is 0 Å². The highest BCUT2D eigenvalue weighted by atomic mass is 19.1. The van der Waals surface area contributed by atoms with Gasteiger partial charge >= 0.3 is 5.56 Å². The Morgan fingerprint density at radius 2 is 1.96 bits per heavy atom. The van der Waals surface area contributed by atoms with Gasteiger partial charge in [-0.05, 0) is 30.2 Å². The van der Waals surface area contributed by atoms with Gasteiger partial charge in [-0.3, -0.25) is 15.6 Å². The van der Waals surface area contributed by atoms with Gasteiger partial charge in [0.15, 0.2) is 5.82 Å². The first-order valence-electron chi connectivity index (χ1n) is 7.45. The Labute approximate surface area is 136 Å². The molecule has 0 saturated carbocycles. The van der Waals surface area contributed by atoms with E-state index in [9.17, 15) is 9.18 Å². The minimum absolute atomic E-state index is 0.274. The lowest BCUT2D eigenvalue weighted by Gasteiger charge is -2.19. The van der Waals surface area contributed by atoms with Crippen LogP contribution in [0, 0.1) is 5.82 Å². The molecule has 4 rings (SSSR count). The molecule has 0 amide bonds. The summed E-state index contributed by atoms with van der Waals surface area (Å²) in [6.07, 6.45) is 2.13. The first kappa shape index (κ1) is 14.3. The SMILES string of the molecule is CCc1nn2c(c1-c1ccc(F)cc1)NNc1c-2ccnnc1=O. The van der Waals surface area contributed by atoms with Gasteiger partial charge in [0.05, 0.1) is 17.6 Å². The van der Waals surface area contributed by atoms with E-state index >= 15 is 0 Å². The number of anilines is 2. The molecule has 0 fully saturated rings. The Balaban J connectivity index is 1.99. The second kappa shape index (κ2) is 5.41. The summed E-state index contributed by atoms with van der Waals surface area (Å²) in [6.45, 7) is 1.99. The van der Waals surface area contributed by atoms with Gasteiger partial charge in [-0.1, -0.05) is 19.1 Å².